The van der Waals surface area contributed by atoms with E-state index in [1.165, 1.54) is 235 Å². The number of hydrogen-bond donors (Lipinski definition) is 0. The van der Waals surface area contributed by atoms with Crippen molar-refractivity contribution in [2.75, 3.05) is 0 Å². The van der Waals surface area contributed by atoms with Crippen molar-refractivity contribution in [1.29, 1.82) is 0 Å². The SMILES string of the molecule is CCCCC1=C(c2cc(CC)c(CC)c(CC)c2)[N+](=[N-])C(c2cc(CC)c(CC)c(CC)c2)=C1CCCC.[CH2-]CCCCCCCCCCCCCCCC.[CH2-]CCCCCCCCCCCCCCCC.[Pd+2]. The summed E-state index contributed by atoms with van der Waals surface area (Å²) in [6.07, 6.45) is 55.5. The van der Waals surface area contributed by atoms with Crippen LogP contribution in [0.15, 0.2) is 35.4 Å². The molecule has 0 aromatic heterocycles. The first-order chi connectivity index (χ1) is 35.3. The van der Waals surface area contributed by atoms with Gasteiger partial charge in [0.05, 0.1) is 0 Å². The Bertz CT molecular complexity index is 1510. The second kappa shape index (κ2) is 48.5. The quantitative estimate of drug-likeness (QED) is 0.0274. The van der Waals surface area contributed by atoms with Gasteiger partial charge >= 0.3 is 20.4 Å². The van der Waals surface area contributed by atoms with E-state index in [1.807, 2.05) is 0 Å². The van der Waals surface area contributed by atoms with E-state index in [-0.39, 0.29) is 20.4 Å². The van der Waals surface area contributed by atoms with Gasteiger partial charge in [0.2, 0.25) is 11.4 Å². The fourth-order valence-electron chi connectivity index (χ4n) is 11.3. The van der Waals surface area contributed by atoms with Gasteiger partial charge in [-0.1, -0.05) is 262 Å². The molecular formula is C70H122N2Pd. The monoisotopic (exact) mass is 1100 g/mol. The van der Waals surface area contributed by atoms with Gasteiger partial charge in [0.1, 0.15) is 0 Å². The molecule has 1 aliphatic heterocycles. The summed E-state index contributed by atoms with van der Waals surface area (Å²) >= 11 is 0. The number of rotatable bonds is 42. The molecule has 0 saturated carbocycles. The van der Waals surface area contributed by atoms with E-state index in [0.717, 1.165) is 101 Å². The molecule has 1 aliphatic rings. The number of aryl methyl sites for hydroxylation is 4. The molecule has 73 heavy (non-hydrogen) atoms. The summed E-state index contributed by atoms with van der Waals surface area (Å²) in [7, 11) is 0. The molecule has 0 unspecified atom stereocenters. The standard InChI is InChI=1S/C36H52N2.2C17H35.Pd/c1-9-17-19-33-34(20-18-10-2)36(30-23-27(13-5)32(16-8)28(14-6)24-30)38(37)35(33)29-21-25(11-3)31(15-7)26(12-4)22-29;2*1-3-5-7-9-11-13-15-17-16-14-12-10-8-6-4-2;/h21-24H,9-20H2,1-8H3;2*1,3-17H2,2H3;/q;2*-1;+2. The normalized spacial score (nSPS) is 12.3. The fraction of sp³-hybridized carbons (Fsp3) is 0.743. The molecule has 0 aliphatic carbocycles. The average molecular weight is 1100 g/mol. The maximum Gasteiger partial charge on any atom is 2.00 e. The summed E-state index contributed by atoms with van der Waals surface area (Å²) in [6, 6.07) is 9.49. The van der Waals surface area contributed by atoms with Crippen LogP contribution in [0, 0.1) is 13.8 Å². The van der Waals surface area contributed by atoms with Crippen molar-refractivity contribution >= 4 is 11.4 Å². The number of nitrogens with zero attached hydrogens (tertiary/aromatic N) is 2. The van der Waals surface area contributed by atoms with E-state index < -0.39 is 0 Å². The zero-order valence-electron chi connectivity index (χ0n) is 50.6. The molecule has 0 bridgehead atoms. The molecule has 0 fully saturated rings. The minimum atomic E-state index is 0. The minimum Gasteiger partial charge on any atom is -0.493 e. The minimum absolute atomic E-state index is 0. The number of unbranched alkanes of at least 4 members (excludes halogenated alkanes) is 30. The van der Waals surface area contributed by atoms with Crippen molar-refractivity contribution in [2.45, 2.75) is 339 Å². The third-order valence-corrected chi connectivity index (χ3v) is 15.8. The fourth-order valence-corrected chi connectivity index (χ4v) is 11.3. The molecule has 0 radical (unpaired) electrons. The Morgan fingerprint density at radius 3 is 0.726 bits per heavy atom. The van der Waals surface area contributed by atoms with Crippen molar-refractivity contribution in [1.82, 2.24) is 0 Å². The van der Waals surface area contributed by atoms with E-state index in [0.29, 0.717) is 0 Å². The molecule has 3 heteroatoms. The molecule has 422 valence electrons. The topological polar surface area (TPSA) is 25.3 Å². The number of benzene rings is 2. The maximum atomic E-state index is 12.1. The van der Waals surface area contributed by atoms with Crippen LogP contribution in [-0.4, -0.2) is 4.70 Å². The Kier molecular flexibility index (Phi) is 47.3. The van der Waals surface area contributed by atoms with Gasteiger partial charge < -0.3 is 19.4 Å². The van der Waals surface area contributed by atoms with Gasteiger partial charge in [0, 0.05) is 22.3 Å². The van der Waals surface area contributed by atoms with Crippen molar-refractivity contribution < 1.29 is 25.1 Å². The second-order valence-electron chi connectivity index (χ2n) is 21.7. The maximum absolute atomic E-state index is 12.1. The molecule has 0 amide bonds. The second-order valence-corrected chi connectivity index (χ2v) is 21.7. The van der Waals surface area contributed by atoms with Gasteiger partial charge in [0.25, 0.3) is 0 Å². The van der Waals surface area contributed by atoms with Gasteiger partial charge in [-0.25, -0.2) is 4.70 Å². The first-order valence-corrected chi connectivity index (χ1v) is 32.1. The van der Waals surface area contributed by atoms with E-state index >= 15 is 0 Å². The average Bonchev–Trinajstić information content (AvgIpc) is 3.68. The smallest absolute Gasteiger partial charge is 0.493 e. The van der Waals surface area contributed by atoms with Gasteiger partial charge in [-0.2, -0.15) is 12.8 Å². The molecular weight excluding hydrogens is 975 g/mol. The third kappa shape index (κ3) is 28.9. The predicted molar refractivity (Wildman–Crippen MR) is 326 cm³/mol. The molecule has 0 atom stereocenters. The summed E-state index contributed by atoms with van der Waals surface area (Å²) in [5.41, 5.74) is 28.0. The Labute approximate surface area is 472 Å². The van der Waals surface area contributed by atoms with Gasteiger partial charge in [-0.15, -0.1) is 0 Å². The first kappa shape index (κ1) is 71.2. The van der Waals surface area contributed by atoms with Crippen molar-refractivity contribution in [2.24, 2.45) is 0 Å². The molecule has 2 aromatic rings. The zero-order valence-corrected chi connectivity index (χ0v) is 52.2. The van der Waals surface area contributed by atoms with Gasteiger partial charge in [-0.3, -0.25) is 0 Å². The Hall–Kier alpha value is -1.82. The molecule has 3 rings (SSSR count). The molecule has 1 heterocycles. The summed E-state index contributed by atoms with van der Waals surface area (Å²) in [4.78, 5) is 0. The van der Waals surface area contributed by atoms with Gasteiger partial charge in [-0.05, 0) is 122 Å². The Morgan fingerprint density at radius 1 is 0.315 bits per heavy atom. The number of allylic oxidation sites excluding steroid dienone is 2. The van der Waals surface area contributed by atoms with Crippen LogP contribution in [0.1, 0.15) is 345 Å². The molecule has 0 spiro atoms. The molecule has 2 nitrogen and oxygen atoms in total. The molecule has 0 N–H and O–H groups in total. The Balaban J connectivity index is 0.00000123. The number of hydrogen-bond acceptors (Lipinski definition) is 0. The van der Waals surface area contributed by atoms with Crippen molar-refractivity contribution in [3.05, 3.63) is 99.3 Å². The van der Waals surface area contributed by atoms with Crippen LogP contribution in [0.2, 0.25) is 0 Å². The van der Waals surface area contributed by atoms with Crippen LogP contribution in [0.3, 0.4) is 0 Å². The summed E-state index contributed by atoms with van der Waals surface area (Å²) in [6.45, 7) is 30.5. The summed E-state index contributed by atoms with van der Waals surface area (Å²) < 4.78 is 1.59. The van der Waals surface area contributed by atoms with Crippen molar-refractivity contribution in [3.63, 3.8) is 0 Å². The van der Waals surface area contributed by atoms with E-state index in [1.54, 1.807) is 4.70 Å². The van der Waals surface area contributed by atoms with Gasteiger partial charge in [0.15, 0.2) is 0 Å². The van der Waals surface area contributed by atoms with Crippen LogP contribution in [0.25, 0.3) is 16.9 Å². The summed E-state index contributed by atoms with van der Waals surface area (Å²) in [5.74, 6) is 0. The van der Waals surface area contributed by atoms with Crippen LogP contribution >= 0.6 is 0 Å². The first-order valence-electron chi connectivity index (χ1n) is 32.1. The van der Waals surface area contributed by atoms with Crippen LogP contribution in [-0.2, 0) is 58.9 Å². The zero-order chi connectivity index (χ0) is 53.0. The van der Waals surface area contributed by atoms with E-state index in [9.17, 15) is 5.53 Å². The van der Waals surface area contributed by atoms with Crippen molar-refractivity contribution in [3.8, 4) is 0 Å². The van der Waals surface area contributed by atoms with E-state index in [2.05, 4.69) is 107 Å². The molecule has 0 saturated heterocycles. The largest absolute Gasteiger partial charge is 2.00 e. The van der Waals surface area contributed by atoms with Crippen LogP contribution in [0.5, 0.6) is 0 Å². The predicted octanol–water partition coefficient (Wildman–Crippen LogP) is 24.0. The Morgan fingerprint density at radius 2 is 0.534 bits per heavy atom. The van der Waals surface area contributed by atoms with E-state index in [4.69, 9.17) is 0 Å². The van der Waals surface area contributed by atoms with Crippen LogP contribution in [0.4, 0.5) is 0 Å². The van der Waals surface area contributed by atoms with Crippen LogP contribution < -0.4 is 0 Å². The third-order valence-electron chi connectivity index (χ3n) is 15.8. The molecule has 2 aromatic carbocycles. The summed E-state index contributed by atoms with van der Waals surface area (Å²) in [5, 5.41) is 0.